The highest BCUT2D eigenvalue weighted by Crippen LogP contribution is 2.27. The summed E-state index contributed by atoms with van der Waals surface area (Å²) in [5.41, 5.74) is 1.06. The molecule has 0 saturated carbocycles. The molecular formula is C15H14ClNO4S. The van der Waals surface area contributed by atoms with Crippen molar-refractivity contribution in [2.75, 3.05) is 7.11 Å². The van der Waals surface area contributed by atoms with E-state index in [1.807, 2.05) is 6.92 Å². The maximum absolute atomic E-state index is 12.7. The van der Waals surface area contributed by atoms with Crippen molar-refractivity contribution in [1.82, 2.24) is 4.98 Å². The Kier molecular flexibility index (Phi) is 4.53. The van der Waals surface area contributed by atoms with Gasteiger partial charge in [-0.2, -0.15) is 0 Å². The quantitative estimate of drug-likeness (QED) is 0.804. The Hall–Kier alpha value is -1.92. The standard InChI is InChI=1S/C15H14ClNO4S/c1-9-4-6-11(7-5-9)22(19,20)14-12(15(18)21-3)8-13(16)10(2)17-14/h4-8H,1-3H3. The molecule has 0 fully saturated rings. The molecule has 0 saturated heterocycles. The van der Waals surface area contributed by atoms with Crippen LogP contribution in [0.5, 0.6) is 0 Å². The minimum atomic E-state index is -3.95. The number of hydrogen-bond donors (Lipinski definition) is 0. The zero-order valence-electron chi connectivity index (χ0n) is 12.3. The average Bonchev–Trinajstić information content (AvgIpc) is 2.49. The first-order valence-electron chi connectivity index (χ1n) is 6.34. The van der Waals surface area contributed by atoms with Gasteiger partial charge < -0.3 is 4.74 Å². The Morgan fingerprint density at radius 1 is 1.18 bits per heavy atom. The lowest BCUT2D eigenvalue weighted by atomic mass is 10.2. The molecule has 0 radical (unpaired) electrons. The third kappa shape index (κ3) is 2.98. The Bertz CT molecular complexity index is 829. The van der Waals surface area contributed by atoms with E-state index in [4.69, 9.17) is 11.6 Å². The van der Waals surface area contributed by atoms with Crippen molar-refractivity contribution in [2.24, 2.45) is 0 Å². The number of aryl methyl sites for hydroxylation is 2. The van der Waals surface area contributed by atoms with E-state index < -0.39 is 15.8 Å². The smallest absolute Gasteiger partial charge is 0.340 e. The van der Waals surface area contributed by atoms with Crippen LogP contribution >= 0.6 is 11.6 Å². The summed E-state index contributed by atoms with van der Waals surface area (Å²) in [5.74, 6) is -0.805. The Morgan fingerprint density at radius 2 is 1.77 bits per heavy atom. The average molecular weight is 340 g/mol. The summed E-state index contributed by atoms with van der Waals surface area (Å²) in [4.78, 5) is 15.9. The number of nitrogens with zero attached hydrogens (tertiary/aromatic N) is 1. The fraction of sp³-hybridized carbons (Fsp3) is 0.200. The topological polar surface area (TPSA) is 73.3 Å². The summed E-state index contributed by atoms with van der Waals surface area (Å²) in [6, 6.07) is 7.55. The van der Waals surface area contributed by atoms with Crippen LogP contribution < -0.4 is 0 Å². The molecular weight excluding hydrogens is 326 g/mol. The van der Waals surface area contributed by atoms with Crippen molar-refractivity contribution in [2.45, 2.75) is 23.8 Å². The number of sulfone groups is 1. The second-order valence-corrected chi connectivity index (χ2v) is 6.99. The molecule has 0 unspecified atom stereocenters. The highest BCUT2D eigenvalue weighted by atomic mass is 35.5. The van der Waals surface area contributed by atoms with Gasteiger partial charge in [0.2, 0.25) is 9.84 Å². The Morgan fingerprint density at radius 3 is 2.32 bits per heavy atom. The van der Waals surface area contributed by atoms with Crippen LogP contribution in [0.25, 0.3) is 0 Å². The van der Waals surface area contributed by atoms with Gasteiger partial charge in [0.1, 0.15) is 0 Å². The van der Waals surface area contributed by atoms with E-state index >= 15 is 0 Å². The molecule has 1 heterocycles. The first kappa shape index (κ1) is 16.5. The zero-order valence-corrected chi connectivity index (χ0v) is 13.8. The summed E-state index contributed by atoms with van der Waals surface area (Å²) in [7, 11) is -2.79. The normalized spacial score (nSPS) is 11.3. The number of hydrogen-bond acceptors (Lipinski definition) is 5. The number of ether oxygens (including phenoxy) is 1. The summed E-state index contributed by atoms with van der Waals surface area (Å²) >= 11 is 5.94. The van der Waals surface area contributed by atoms with Crippen molar-refractivity contribution in [3.8, 4) is 0 Å². The van der Waals surface area contributed by atoms with Gasteiger partial charge in [-0.3, -0.25) is 0 Å². The number of aromatic nitrogens is 1. The molecule has 1 aromatic heterocycles. The first-order valence-corrected chi connectivity index (χ1v) is 8.20. The van der Waals surface area contributed by atoms with Crippen LogP contribution in [0.15, 0.2) is 40.3 Å². The highest BCUT2D eigenvalue weighted by Gasteiger charge is 2.28. The van der Waals surface area contributed by atoms with Crippen molar-refractivity contribution >= 4 is 27.4 Å². The predicted molar refractivity (Wildman–Crippen MR) is 82.0 cm³/mol. The van der Waals surface area contributed by atoms with Crippen LogP contribution in [-0.2, 0) is 14.6 Å². The van der Waals surface area contributed by atoms with Crippen molar-refractivity contribution < 1.29 is 17.9 Å². The van der Waals surface area contributed by atoms with Crippen LogP contribution in [-0.4, -0.2) is 26.5 Å². The van der Waals surface area contributed by atoms with E-state index in [0.717, 1.165) is 5.56 Å². The number of pyridine rings is 1. The Balaban J connectivity index is 2.72. The lowest BCUT2D eigenvalue weighted by molar-refractivity contribution is 0.0595. The van der Waals surface area contributed by atoms with Crippen LogP contribution in [0.2, 0.25) is 5.02 Å². The number of methoxy groups -OCH3 is 1. The summed E-state index contributed by atoms with van der Waals surface area (Å²) in [6.45, 7) is 3.42. The number of benzene rings is 1. The molecule has 22 heavy (non-hydrogen) atoms. The first-order chi connectivity index (χ1) is 10.3. The van der Waals surface area contributed by atoms with E-state index in [-0.39, 0.29) is 20.5 Å². The molecule has 0 atom stereocenters. The predicted octanol–water partition coefficient (Wildman–Crippen LogP) is 2.97. The minimum Gasteiger partial charge on any atom is -0.465 e. The molecule has 116 valence electrons. The Labute approximate surface area is 133 Å². The molecule has 2 aromatic rings. The second-order valence-electron chi connectivity index (χ2n) is 4.72. The molecule has 0 aliphatic carbocycles. The van der Waals surface area contributed by atoms with Gasteiger partial charge in [0.25, 0.3) is 0 Å². The van der Waals surface area contributed by atoms with Crippen LogP contribution in [0, 0.1) is 13.8 Å². The molecule has 0 bridgehead atoms. The molecule has 0 aliphatic heterocycles. The molecule has 5 nitrogen and oxygen atoms in total. The maximum Gasteiger partial charge on any atom is 0.340 e. The van der Waals surface area contributed by atoms with E-state index in [9.17, 15) is 13.2 Å². The van der Waals surface area contributed by atoms with Crippen LogP contribution in [0.1, 0.15) is 21.6 Å². The molecule has 7 heteroatoms. The lowest BCUT2D eigenvalue weighted by Gasteiger charge is -2.10. The van der Waals surface area contributed by atoms with Crippen molar-refractivity contribution in [3.05, 3.63) is 52.2 Å². The van der Waals surface area contributed by atoms with E-state index in [0.29, 0.717) is 5.69 Å². The van der Waals surface area contributed by atoms with Crippen molar-refractivity contribution in [1.29, 1.82) is 0 Å². The number of esters is 1. The molecule has 1 aromatic carbocycles. The largest absolute Gasteiger partial charge is 0.465 e. The number of halogens is 1. The summed E-state index contributed by atoms with van der Waals surface area (Å²) in [6.07, 6.45) is 0. The lowest BCUT2D eigenvalue weighted by Crippen LogP contribution is -2.14. The van der Waals surface area contributed by atoms with Gasteiger partial charge in [-0.25, -0.2) is 18.2 Å². The zero-order chi connectivity index (χ0) is 16.5. The number of rotatable bonds is 3. The van der Waals surface area contributed by atoms with Gasteiger partial charge >= 0.3 is 5.97 Å². The monoisotopic (exact) mass is 339 g/mol. The van der Waals surface area contributed by atoms with Crippen LogP contribution in [0.4, 0.5) is 0 Å². The van der Waals surface area contributed by atoms with Crippen molar-refractivity contribution in [3.63, 3.8) is 0 Å². The van der Waals surface area contributed by atoms with E-state index in [1.165, 1.54) is 25.3 Å². The third-order valence-electron chi connectivity index (χ3n) is 3.11. The molecule has 2 rings (SSSR count). The minimum absolute atomic E-state index is 0.0532. The molecule has 0 spiro atoms. The van der Waals surface area contributed by atoms with Gasteiger partial charge in [0.05, 0.1) is 28.3 Å². The maximum atomic E-state index is 12.7. The van der Waals surface area contributed by atoms with E-state index in [1.54, 1.807) is 19.1 Å². The molecule has 0 amide bonds. The number of carbonyl (C=O) groups is 1. The van der Waals surface area contributed by atoms with Gasteiger partial charge in [-0.15, -0.1) is 0 Å². The fourth-order valence-corrected chi connectivity index (χ4v) is 3.41. The van der Waals surface area contributed by atoms with Crippen LogP contribution in [0.3, 0.4) is 0 Å². The summed E-state index contributed by atoms with van der Waals surface area (Å²) < 4.78 is 30.1. The van der Waals surface area contributed by atoms with Gasteiger partial charge in [-0.05, 0) is 32.0 Å². The highest BCUT2D eigenvalue weighted by molar-refractivity contribution is 7.91. The van der Waals surface area contributed by atoms with Gasteiger partial charge in [0, 0.05) is 0 Å². The molecule has 0 N–H and O–H groups in total. The summed E-state index contributed by atoms with van der Waals surface area (Å²) in [5, 5.41) is -0.159. The number of carbonyl (C=O) groups excluding carboxylic acids is 1. The van der Waals surface area contributed by atoms with Gasteiger partial charge in [-0.1, -0.05) is 29.3 Å². The SMILES string of the molecule is COC(=O)c1cc(Cl)c(C)nc1S(=O)(=O)c1ccc(C)cc1. The second kappa shape index (κ2) is 6.06. The fourth-order valence-electron chi connectivity index (χ4n) is 1.85. The van der Waals surface area contributed by atoms with Gasteiger partial charge in [0.15, 0.2) is 5.03 Å². The van der Waals surface area contributed by atoms with E-state index in [2.05, 4.69) is 9.72 Å². The third-order valence-corrected chi connectivity index (χ3v) is 5.20. The molecule has 0 aliphatic rings.